The van der Waals surface area contributed by atoms with Crippen LogP contribution in [0.1, 0.15) is 46.5 Å². The van der Waals surface area contributed by atoms with E-state index in [9.17, 15) is 22.8 Å². The maximum atomic E-state index is 13.3. The van der Waals surface area contributed by atoms with E-state index in [0.29, 0.717) is 11.3 Å². The highest BCUT2D eigenvalue weighted by Crippen LogP contribution is 2.39. The van der Waals surface area contributed by atoms with Crippen molar-refractivity contribution in [2.24, 2.45) is 5.41 Å². The zero-order valence-corrected chi connectivity index (χ0v) is 16.4. The summed E-state index contributed by atoms with van der Waals surface area (Å²) >= 11 is 0.436. The summed E-state index contributed by atoms with van der Waals surface area (Å²) in [7, 11) is 2.51. The minimum absolute atomic E-state index is 0.136. The monoisotopic (exact) mass is 418 g/mol. The molecule has 0 atom stereocenters. The second-order valence-electron chi connectivity index (χ2n) is 6.49. The molecule has 2 aromatic heterocycles. The Balaban J connectivity index is 2.47. The number of ketones is 1. The molecule has 2 rings (SSSR count). The van der Waals surface area contributed by atoms with E-state index in [0.717, 1.165) is 6.33 Å². The second kappa shape index (κ2) is 7.70. The molecule has 152 valence electrons. The fraction of sp³-hybridized carbons (Fsp3) is 0.438. The van der Waals surface area contributed by atoms with Crippen LogP contribution in [0, 0.1) is 5.41 Å². The largest absolute Gasteiger partial charge is 0.480 e. The van der Waals surface area contributed by atoms with Gasteiger partial charge in [0.05, 0.1) is 14.2 Å². The molecule has 0 aromatic carbocycles. The number of hydrogen-bond donors (Lipinski definition) is 1. The van der Waals surface area contributed by atoms with Gasteiger partial charge in [0, 0.05) is 5.41 Å². The fourth-order valence-corrected chi connectivity index (χ4v) is 3.21. The lowest BCUT2D eigenvalue weighted by atomic mass is 9.89. The highest BCUT2D eigenvalue weighted by Gasteiger charge is 2.42. The first-order valence-electron chi connectivity index (χ1n) is 7.77. The number of thiazole rings is 1. The summed E-state index contributed by atoms with van der Waals surface area (Å²) in [6.07, 6.45) is -3.76. The van der Waals surface area contributed by atoms with Crippen molar-refractivity contribution in [1.82, 2.24) is 15.0 Å². The number of methoxy groups -OCH3 is 2. The number of rotatable bonds is 5. The minimum Gasteiger partial charge on any atom is -0.480 e. The summed E-state index contributed by atoms with van der Waals surface area (Å²) in [5, 5.41) is 1.82. The Morgan fingerprint density at radius 2 is 1.61 bits per heavy atom. The number of carbonyl (C=O) groups excluding carboxylic acids is 2. The van der Waals surface area contributed by atoms with Crippen LogP contribution in [0.3, 0.4) is 0 Å². The predicted molar refractivity (Wildman–Crippen MR) is 94.0 cm³/mol. The normalized spacial score (nSPS) is 11.9. The Morgan fingerprint density at radius 3 is 2.04 bits per heavy atom. The Labute approximate surface area is 162 Å². The molecule has 0 saturated carbocycles. The lowest BCUT2D eigenvalue weighted by Crippen LogP contribution is -2.22. The molecule has 0 aliphatic carbocycles. The summed E-state index contributed by atoms with van der Waals surface area (Å²) in [4.78, 5) is 35.3. The van der Waals surface area contributed by atoms with Gasteiger partial charge in [-0.3, -0.25) is 14.9 Å². The molecule has 1 amide bonds. The lowest BCUT2D eigenvalue weighted by Gasteiger charge is -2.16. The summed E-state index contributed by atoms with van der Waals surface area (Å²) < 4.78 is 49.9. The highest BCUT2D eigenvalue weighted by atomic mass is 32.1. The smallest absolute Gasteiger partial charge is 0.435 e. The SMILES string of the molecule is COc1ncnc(OC)c1C(=O)Nc1nc(C(F)(F)F)c(C(=O)C(C)(C)C)s1. The number of carbonyl (C=O) groups is 2. The van der Waals surface area contributed by atoms with E-state index in [4.69, 9.17) is 9.47 Å². The van der Waals surface area contributed by atoms with E-state index in [1.54, 1.807) is 0 Å². The molecule has 0 unspecified atom stereocenters. The van der Waals surface area contributed by atoms with Crippen LogP contribution >= 0.6 is 11.3 Å². The van der Waals surface area contributed by atoms with Gasteiger partial charge in [-0.05, 0) is 0 Å². The molecule has 28 heavy (non-hydrogen) atoms. The van der Waals surface area contributed by atoms with E-state index >= 15 is 0 Å². The molecule has 0 fully saturated rings. The van der Waals surface area contributed by atoms with Crippen molar-refractivity contribution in [3.63, 3.8) is 0 Å². The topological polar surface area (TPSA) is 103 Å². The first-order valence-corrected chi connectivity index (χ1v) is 8.59. The van der Waals surface area contributed by atoms with Gasteiger partial charge in [0.2, 0.25) is 11.8 Å². The number of nitrogens with one attached hydrogen (secondary N) is 1. The maximum Gasteiger partial charge on any atom is 0.435 e. The number of nitrogens with zero attached hydrogens (tertiary/aromatic N) is 3. The van der Waals surface area contributed by atoms with Crippen molar-refractivity contribution in [2.45, 2.75) is 26.9 Å². The Kier molecular flexibility index (Phi) is 5.92. The van der Waals surface area contributed by atoms with E-state index in [-0.39, 0.29) is 17.3 Å². The van der Waals surface area contributed by atoms with E-state index in [2.05, 4.69) is 20.3 Å². The number of amides is 1. The van der Waals surface area contributed by atoms with E-state index in [1.807, 2.05) is 0 Å². The van der Waals surface area contributed by atoms with Crippen LogP contribution in [-0.2, 0) is 6.18 Å². The molecule has 0 aliphatic heterocycles. The number of alkyl halides is 3. The van der Waals surface area contributed by atoms with Gasteiger partial charge >= 0.3 is 6.18 Å². The molecule has 2 aromatic rings. The van der Waals surface area contributed by atoms with E-state index < -0.39 is 39.0 Å². The molecular weight excluding hydrogens is 401 g/mol. The third kappa shape index (κ3) is 4.38. The van der Waals surface area contributed by atoms with Gasteiger partial charge < -0.3 is 9.47 Å². The van der Waals surface area contributed by atoms with Gasteiger partial charge in [-0.25, -0.2) is 15.0 Å². The van der Waals surface area contributed by atoms with Crippen LogP contribution in [0.15, 0.2) is 6.33 Å². The quantitative estimate of drug-likeness (QED) is 0.742. The molecule has 0 aliphatic rings. The summed E-state index contributed by atoms with van der Waals surface area (Å²) in [6, 6.07) is 0. The fourth-order valence-electron chi connectivity index (χ4n) is 2.08. The predicted octanol–water partition coefficient (Wildman–Crippen LogP) is 3.45. The maximum absolute atomic E-state index is 13.3. The van der Waals surface area contributed by atoms with Gasteiger partial charge in [-0.2, -0.15) is 13.2 Å². The average molecular weight is 418 g/mol. The zero-order chi connectivity index (χ0) is 21.3. The molecule has 8 nitrogen and oxygen atoms in total. The zero-order valence-electron chi connectivity index (χ0n) is 15.6. The molecule has 0 spiro atoms. The first kappa shape index (κ1) is 21.5. The van der Waals surface area contributed by atoms with Crippen LogP contribution in [0.4, 0.5) is 18.3 Å². The van der Waals surface area contributed by atoms with Crippen LogP contribution in [0.2, 0.25) is 0 Å². The lowest BCUT2D eigenvalue weighted by molar-refractivity contribution is -0.141. The van der Waals surface area contributed by atoms with Crippen molar-refractivity contribution in [3.8, 4) is 11.8 Å². The Morgan fingerprint density at radius 1 is 1.07 bits per heavy atom. The van der Waals surface area contributed by atoms with Crippen molar-refractivity contribution in [2.75, 3.05) is 19.5 Å². The van der Waals surface area contributed by atoms with Crippen LogP contribution in [0.25, 0.3) is 0 Å². The van der Waals surface area contributed by atoms with Gasteiger partial charge in [0.1, 0.15) is 11.2 Å². The number of aromatic nitrogens is 3. The number of anilines is 1. The van der Waals surface area contributed by atoms with Crippen molar-refractivity contribution < 1.29 is 32.2 Å². The summed E-state index contributed by atoms with van der Waals surface area (Å²) in [6.45, 7) is 4.47. The van der Waals surface area contributed by atoms with E-state index in [1.165, 1.54) is 35.0 Å². The van der Waals surface area contributed by atoms with Gasteiger partial charge in [-0.15, -0.1) is 0 Å². The second-order valence-corrected chi connectivity index (χ2v) is 7.49. The summed E-state index contributed by atoms with van der Waals surface area (Å²) in [5.74, 6) is -1.91. The third-order valence-electron chi connectivity index (χ3n) is 3.40. The number of Topliss-reactive ketones (excluding diaryl/α,β-unsaturated/α-hetero) is 1. The third-order valence-corrected chi connectivity index (χ3v) is 4.36. The van der Waals surface area contributed by atoms with Gasteiger partial charge in [-0.1, -0.05) is 32.1 Å². The minimum atomic E-state index is -4.86. The summed E-state index contributed by atoms with van der Waals surface area (Å²) in [5.41, 5.74) is -2.64. The Hall–Kier alpha value is -2.76. The number of hydrogen-bond acceptors (Lipinski definition) is 8. The van der Waals surface area contributed by atoms with Crippen LogP contribution in [-0.4, -0.2) is 40.9 Å². The van der Waals surface area contributed by atoms with Crippen LogP contribution < -0.4 is 14.8 Å². The molecule has 0 bridgehead atoms. The molecular formula is C16H17F3N4O4S. The molecule has 0 radical (unpaired) electrons. The molecule has 0 saturated heterocycles. The first-order chi connectivity index (χ1) is 12.9. The van der Waals surface area contributed by atoms with Gasteiger partial charge in [0.15, 0.2) is 22.2 Å². The molecule has 12 heteroatoms. The van der Waals surface area contributed by atoms with Crippen LogP contribution in [0.5, 0.6) is 11.8 Å². The van der Waals surface area contributed by atoms with Crippen molar-refractivity contribution >= 4 is 28.2 Å². The van der Waals surface area contributed by atoms with Crippen molar-refractivity contribution in [3.05, 3.63) is 22.5 Å². The van der Waals surface area contributed by atoms with Crippen molar-refractivity contribution in [1.29, 1.82) is 0 Å². The Bertz CT molecular complexity index is 884. The number of ether oxygens (including phenoxy) is 2. The molecule has 1 N–H and O–H groups in total. The van der Waals surface area contributed by atoms with Gasteiger partial charge in [0.25, 0.3) is 5.91 Å². The highest BCUT2D eigenvalue weighted by molar-refractivity contribution is 7.17. The number of halogens is 3. The molecule has 2 heterocycles. The standard InChI is InChI=1S/C16H17F3N4O4S/c1-15(2,3)10(24)8-9(16(17,18)19)22-14(28-8)23-11(25)7-12(26-4)20-6-21-13(7)27-5/h6H,1-5H3,(H,22,23,25). The average Bonchev–Trinajstić information content (AvgIpc) is 3.03.